The quantitative estimate of drug-likeness (QED) is 0.828. The van der Waals surface area contributed by atoms with Gasteiger partial charge in [0.25, 0.3) is 0 Å². The molecular formula is C18H18O2. The maximum absolute atomic E-state index is 11.2. The van der Waals surface area contributed by atoms with Crippen LogP contribution in [0.4, 0.5) is 0 Å². The van der Waals surface area contributed by atoms with Gasteiger partial charge < -0.3 is 0 Å². The van der Waals surface area contributed by atoms with E-state index in [2.05, 4.69) is 0 Å². The molecule has 0 aliphatic rings. The maximum atomic E-state index is 11.2. The van der Waals surface area contributed by atoms with Crippen LogP contribution in [0, 0.1) is 0 Å². The first kappa shape index (κ1) is 14.2. The van der Waals surface area contributed by atoms with E-state index in [-0.39, 0.29) is 11.6 Å². The molecule has 2 aromatic rings. The molecule has 2 heteroatoms. The van der Waals surface area contributed by atoms with Crippen molar-refractivity contribution in [2.45, 2.75) is 26.7 Å². The summed E-state index contributed by atoms with van der Waals surface area (Å²) >= 11 is 0. The molecule has 0 saturated heterocycles. The van der Waals surface area contributed by atoms with E-state index in [0.717, 1.165) is 22.3 Å². The van der Waals surface area contributed by atoms with Crippen LogP contribution >= 0.6 is 0 Å². The second-order valence-electron chi connectivity index (χ2n) is 5.16. The molecule has 0 spiro atoms. The van der Waals surface area contributed by atoms with E-state index in [1.807, 2.05) is 48.5 Å². The minimum atomic E-state index is 0.160. The van der Waals surface area contributed by atoms with Crippen molar-refractivity contribution >= 4 is 11.6 Å². The van der Waals surface area contributed by atoms with Gasteiger partial charge in [-0.15, -0.1) is 0 Å². The van der Waals surface area contributed by atoms with E-state index in [4.69, 9.17) is 0 Å². The Kier molecular flexibility index (Phi) is 4.46. The zero-order chi connectivity index (χ0) is 14.5. The number of rotatable bonds is 5. The number of carbonyl (C=O) groups excluding carboxylic acids is 2. The second kappa shape index (κ2) is 6.29. The summed E-state index contributed by atoms with van der Waals surface area (Å²) in [5, 5.41) is 0. The summed E-state index contributed by atoms with van der Waals surface area (Å²) in [6.45, 7) is 3.19. The SMILES string of the molecule is CC(=O)Cc1cccc(-c2cccc(CC(C)=O)c2)c1. The third-order valence-electron chi connectivity index (χ3n) is 3.09. The summed E-state index contributed by atoms with van der Waals surface area (Å²) in [5.74, 6) is 0.319. The lowest BCUT2D eigenvalue weighted by Gasteiger charge is -2.06. The first-order valence-electron chi connectivity index (χ1n) is 6.72. The molecule has 102 valence electrons. The molecule has 0 atom stereocenters. The molecular weight excluding hydrogens is 248 g/mol. The smallest absolute Gasteiger partial charge is 0.134 e. The molecule has 0 aliphatic carbocycles. The van der Waals surface area contributed by atoms with Crippen LogP contribution in [0.3, 0.4) is 0 Å². The van der Waals surface area contributed by atoms with Crippen LogP contribution < -0.4 is 0 Å². The van der Waals surface area contributed by atoms with Crippen LogP contribution in [0.5, 0.6) is 0 Å². The Balaban J connectivity index is 2.31. The van der Waals surface area contributed by atoms with Gasteiger partial charge >= 0.3 is 0 Å². The highest BCUT2D eigenvalue weighted by molar-refractivity contribution is 5.80. The predicted octanol–water partition coefficient (Wildman–Crippen LogP) is 3.62. The highest BCUT2D eigenvalue weighted by Crippen LogP contribution is 2.22. The normalized spacial score (nSPS) is 10.3. The van der Waals surface area contributed by atoms with Crippen molar-refractivity contribution < 1.29 is 9.59 Å². The fraction of sp³-hybridized carbons (Fsp3) is 0.222. The van der Waals surface area contributed by atoms with Gasteiger partial charge in [-0.3, -0.25) is 9.59 Å². The van der Waals surface area contributed by atoms with Crippen LogP contribution in [0.1, 0.15) is 25.0 Å². The molecule has 0 heterocycles. The Hall–Kier alpha value is -2.22. The van der Waals surface area contributed by atoms with E-state index < -0.39 is 0 Å². The van der Waals surface area contributed by atoms with Crippen molar-refractivity contribution in [2.75, 3.05) is 0 Å². The average Bonchev–Trinajstić information content (AvgIpc) is 2.38. The molecule has 0 aromatic heterocycles. The van der Waals surface area contributed by atoms with Crippen LogP contribution in [0.2, 0.25) is 0 Å². The van der Waals surface area contributed by atoms with Gasteiger partial charge in [0.2, 0.25) is 0 Å². The molecule has 2 aromatic carbocycles. The van der Waals surface area contributed by atoms with E-state index in [0.29, 0.717) is 12.8 Å². The first-order chi connectivity index (χ1) is 9.54. The van der Waals surface area contributed by atoms with E-state index in [9.17, 15) is 9.59 Å². The minimum Gasteiger partial charge on any atom is -0.300 e. The number of hydrogen-bond donors (Lipinski definition) is 0. The Morgan fingerprint density at radius 1 is 0.750 bits per heavy atom. The molecule has 0 unspecified atom stereocenters. The van der Waals surface area contributed by atoms with Gasteiger partial charge in [-0.25, -0.2) is 0 Å². The van der Waals surface area contributed by atoms with Crippen LogP contribution in [-0.2, 0) is 22.4 Å². The van der Waals surface area contributed by atoms with Crippen molar-refractivity contribution in [2.24, 2.45) is 0 Å². The molecule has 2 nitrogen and oxygen atoms in total. The lowest BCUT2D eigenvalue weighted by molar-refractivity contribution is -0.117. The fourth-order valence-corrected chi connectivity index (χ4v) is 2.30. The average molecular weight is 266 g/mol. The van der Waals surface area contributed by atoms with Gasteiger partial charge in [-0.1, -0.05) is 48.5 Å². The van der Waals surface area contributed by atoms with Gasteiger partial charge in [0, 0.05) is 12.8 Å². The Bertz CT molecular complexity index is 584. The van der Waals surface area contributed by atoms with Gasteiger partial charge in [-0.05, 0) is 36.1 Å². The Morgan fingerprint density at radius 3 is 1.50 bits per heavy atom. The second-order valence-corrected chi connectivity index (χ2v) is 5.16. The predicted molar refractivity (Wildman–Crippen MR) is 80.6 cm³/mol. The monoisotopic (exact) mass is 266 g/mol. The number of carbonyl (C=O) groups is 2. The zero-order valence-corrected chi connectivity index (χ0v) is 11.8. The zero-order valence-electron chi connectivity index (χ0n) is 11.8. The third-order valence-corrected chi connectivity index (χ3v) is 3.09. The molecule has 0 amide bonds. The van der Waals surface area contributed by atoms with E-state index in [1.165, 1.54) is 0 Å². The first-order valence-corrected chi connectivity index (χ1v) is 6.72. The van der Waals surface area contributed by atoms with Gasteiger partial charge in [-0.2, -0.15) is 0 Å². The molecule has 0 aliphatic heterocycles. The molecule has 20 heavy (non-hydrogen) atoms. The fourth-order valence-electron chi connectivity index (χ4n) is 2.30. The van der Waals surface area contributed by atoms with Gasteiger partial charge in [0.15, 0.2) is 0 Å². The Morgan fingerprint density at radius 2 is 1.15 bits per heavy atom. The number of Topliss-reactive ketones (excluding diaryl/α,β-unsaturated/α-hetero) is 2. The molecule has 0 bridgehead atoms. The minimum absolute atomic E-state index is 0.160. The summed E-state index contributed by atoms with van der Waals surface area (Å²) in [6, 6.07) is 16.0. The largest absolute Gasteiger partial charge is 0.300 e. The Labute approximate surface area is 119 Å². The molecule has 0 fully saturated rings. The van der Waals surface area contributed by atoms with E-state index in [1.54, 1.807) is 13.8 Å². The lowest BCUT2D eigenvalue weighted by atomic mass is 9.98. The van der Waals surface area contributed by atoms with Crippen LogP contribution in [0.15, 0.2) is 48.5 Å². The summed E-state index contributed by atoms with van der Waals surface area (Å²) in [6.07, 6.45) is 0.919. The van der Waals surface area contributed by atoms with Crippen molar-refractivity contribution in [1.82, 2.24) is 0 Å². The van der Waals surface area contributed by atoms with Crippen LogP contribution in [0.25, 0.3) is 11.1 Å². The highest BCUT2D eigenvalue weighted by Gasteiger charge is 2.04. The van der Waals surface area contributed by atoms with Crippen molar-refractivity contribution in [3.05, 3.63) is 59.7 Å². The summed E-state index contributed by atoms with van der Waals surface area (Å²) in [5.41, 5.74) is 4.20. The van der Waals surface area contributed by atoms with Gasteiger partial charge in [0.1, 0.15) is 11.6 Å². The molecule has 0 radical (unpaired) electrons. The number of hydrogen-bond acceptors (Lipinski definition) is 2. The third kappa shape index (κ3) is 3.89. The van der Waals surface area contributed by atoms with E-state index >= 15 is 0 Å². The van der Waals surface area contributed by atoms with Crippen molar-refractivity contribution in [3.63, 3.8) is 0 Å². The lowest BCUT2D eigenvalue weighted by Crippen LogP contribution is -1.97. The highest BCUT2D eigenvalue weighted by atomic mass is 16.1. The van der Waals surface area contributed by atoms with Crippen molar-refractivity contribution in [1.29, 1.82) is 0 Å². The number of ketones is 2. The molecule has 0 saturated carbocycles. The van der Waals surface area contributed by atoms with Gasteiger partial charge in [0.05, 0.1) is 0 Å². The summed E-state index contributed by atoms with van der Waals surface area (Å²) in [4.78, 5) is 22.4. The topological polar surface area (TPSA) is 34.1 Å². The number of benzene rings is 2. The van der Waals surface area contributed by atoms with Crippen LogP contribution in [-0.4, -0.2) is 11.6 Å². The maximum Gasteiger partial charge on any atom is 0.134 e. The summed E-state index contributed by atoms with van der Waals surface area (Å²) < 4.78 is 0. The van der Waals surface area contributed by atoms with Crippen molar-refractivity contribution in [3.8, 4) is 11.1 Å². The molecule has 2 rings (SSSR count). The standard InChI is InChI=1S/C18H18O2/c1-13(19)9-15-5-3-7-17(11-15)18-8-4-6-16(12-18)10-14(2)20/h3-8,11-12H,9-10H2,1-2H3. The summed E-state index contributed by atoms with van der Waals surface area (Å²) in [7, 11) is 0. The molecule has 0 N–H and O–H groups in total.